The monoisotopic (exact) mass is 376 g/mol. The number of carboxylic acid groups (broad SMARTS) is 1. The van der Waals surface area contributed by atoms with Crippen LogP contribution in [-0.4, -0.2) is 45.5 Å². The summed E-state index contributed by atoms with van der Waals surface area (Å²) in [4.78, 5) is 37.5. The fourth-order valence-electron chi connectivity index (χ4n) is 2.83. The number of hydrogen-bond acceptors (Lipinski definition) is 5. The average molecular weight is 376 g/mol. The Bertz CT molecular complexity index is 847. The molecule has 1 aromatic heterocycles. The third-order valence-corrected chi connectivity index (χ3v) is 5.26. The molecular weight excluding hydrogens is 356 g/mol. The van der Waals surface area contributed by atoms with Crippen molar-refractivity contribution in [3.8, 4) is 0 Å². The molecule has 1 saturated heterocycles. The number of carbonyl (C=O) groups excluding carboxylic acids is 2. The minimum atomic E-state index is -1.14. The summed E-state index contributed by atoms with van der Waals surface area (Å²) >= 11 is 1.56. The normalized spacial score (nSPS) is 16.8. The van der Waals surface area contributed by atoms with Crippen LogP contribution in [0.3, 0.4) is 0 Å². The standard InChI is InChI=1S/C18H20N2O5S/c1-2-3-4-16(21)20-10-26-9-13(20)17(22)19-12-5-6-14-11(7-12)8-15(25-14)18(23)24/h5-8,13H,2-4,9-10H2,1H3,(H,19,22)(H,23,24). The highest BCUT2D eigenvalue weighted by Gasteiger charge is 2.34. The zero-order valence-corrected chi connectivity index (χ0v) is 15.2. The number of benzene rings is 1. The van der Waals surface area contributed by atoms with Crippen molar-refractivity contribution in [2.45, 2.75) is 32.2 Å². The number of aromatic carboxylic acids is 1. The molecule has 1 unspecified atom stereocenters. The molecule has 0 radical (unpaired) electrons. The van der Waals surface area contributed by atoms with E-state index in [4.69, 9.17) is 9.52 Å². The van der Waals surface area contributed by atoms with Crippen LogP contribution in [0.5, 0.6) is 0 Å². The molecule has 2 heterocycles. The highest BCUT2D eigenvalue weighted by Crippen LogP contribution is 2.26. The van der Waals surface area contributed by atoms with Crippen molar-refractivity contribution < 1.29 is 23.9 Å². The third kappa shape index (κ3) is 3.85. The van der Waals surface area contributed by atoms with Gasteiger partial charge in [0, 0.05) is 23.2 Å². The van der Waals surface area contributed by atoms with Crippen LogP contribution < -0.4 is 5.32 Å². The highest BCUT2D eigenvalue weighted by atomic mass is 32.2. The summed E-state index contributed by atoms with van der Waals surface area (Å²) in [6.07, 6.45) is 2.21. The molecule has 2 N–H and O–H groups in total. The first-order chi connectivity index (χ1) is 12.5. The van der Waals surface area contributed by atoms with Crippen LogP contribution in [0.15, 0.2) is 28.7 Å². The lowest BCUT2D eigenvalue weighted by Gasteiger charge is -2.23. The highest BCUT2D eigenvalue weighted by molar-refractivity contribution is 7.99. The number of nitrogens with one attached hydrogen (secondary N) is 1. The largest absolute Gasteiger partial charge is 0.475 e. The van der Waals surface area contributed by atoms with Gasteiger partial charge in [-0.25, -0.2) is 4.79 Å². The van der Waals surface area contributed by atoms with E-state index in [0.717, 1.165) is 12.8 Å². The van der Waals surface area contributed by atoms with E-state index in [9.17, 15) is 14.4 Å². The van der Waals surface area contributed by atoms with Crippen molar-refractivity contribution in [1.29, 1.82) is 0 Å². The van der Waals surface area contributed by atoms with Gasteiger partial charge in [0.2, 0.25) is 17.6 Å². The van der Waals surface area contributed by atoms with Crippen molar-refractivity contribution in [1.82, 2.24) is 4.90 Å². The number of carboxylic acids is 1. The number of hydrogen-bond donors (Lipinski definition) is 2. The van der Waals surface area contributed by atoms with Crippen LogP contribution in [0.1, 0.15) is 36.7 Å². The molecular formula is C18H20N2O5S. The Labute approximate surface area is 154 Å². The number of amides is 2. The zero-order chi connectivity index (χ0) is 18.7. The van der Waals surface area contributed by atoms with Gasteiger partial charge >= 0.3 is 5.97 Å². The number of rotatable bonds is 6. The van der Waals surface area contributed by atoms with Crippen molar-refractivity contribution >= 4 is 46.2 Å². The summed E-state index contributed by atoms with van der Waals surface area (Å²) < 4.78 is 5.21. The van der Waals surface area contributed by atoms with E-state index < -0.39 is 12.0 Å². The van der Waals surface area contributed by atoms with Crippen LogP contribution >= 0.6 is 11.8 Å². The fraction of sp³-hybridized carbons (Fsp3) is 0.389. The lowest BCUT2D eigenvalue weighted by Crippen LogP contribution is -2.44. The summed E-state index contributed by atoms with van der Waals surface area (Å²) in [5.74, 6) is -0.418. The van der Waals surface area contributed by atoms with Gasteiger partial charge in [-0.1, -0.05) is 13.3 Å². The molecule has 1 aliphatic rings. The number of anilines is 1. The van der Waals surface area contributed by atoms with Crippen molar-refractivity contribution in [3.05, 3.63) is 30.0 Å². The van der Waals surface area contributed by atoms with Crippen LogP contribution in [0.25, 0.3) is 11.0 Å². The molecule has 2 aromatic rings. The van der Waals surface area contributed by atoms with Crippen molar-refractivity contribution in [3.63, 3.8) is 0 Å². The van der Waals surface area contributed by atoms with E-state index in [2.05, 4.69) is 5.32 Å². The topological polar surface area (TPSA) is 99.9 Å². The van der Waals surface area contributed by atoms with Gasteiger partial charge in [-0.15, -0.1) is 11.8 Å². The van der Waals surface area contributed by atoms with Gasteiger partial charge in [-0.3, -0.25) is 9.59 Å². The predicted octanol–water partition coefficient (Wildman–Crippen LogP) is 3.16. The summed E-state index contributed by atoms with van der Waals surface area (Å²) in [5, 5.41) is 12.4. The number of carbonyl (C=O) groups is 3. The minimum Gasteiger partial charge on any atom is -0.475 e. The number of nitrogens with zero attached hydrogens (tertiary/aromatic N) is 1. The second kappa shape index (κ2) is 7.82. The van der Waals surface area contributed by atoms with Gasteiger partial charge in [0.1, 0.15) is 11.6 Å². The van der Waals surface area contributed by atoms with Crippen molar-refractivity contribution in [2.24, 2.45) is 0 Å². The van der Waals surface area contributed by atoms with Gasteiger partial charge in [0.05, 0.1) is 5.88 Å². The second-order valence-electron chi connectivity index (χ2n) is 6.14. The Morgan fingerprint density at radius 1 is 1.35 bits per heavy atom. The molecule has 2 amide bonds. The molecule has 1 aliphatic heterocycles. The number of furan rings is 1. The maximum absolute atomic E-state index is 12.6. The van der Waals surface area contributed by atoms with Gasteiger partial charge in [-0.2, -0.15) is 0 Å². The third-order valence-electron chi connectivity index (χ3n) is 4.24. The van der Waals surface area contributed by atoms with Gasteiger partial charge in [0.25, 0.3) is 0 Å². The van der Waals surface area contributed by atoms with E-state index in [-0.39, 0.29) is 17.6 Å². The van der Waals surface area contributed by atoms with Gasteiger partial charge in [0.15, 0.2) is 0 Å². The lowest BCUT2D eigenvalue weighted by atomic mass is 10.2. The molecule has 0 bridgehead atoms. The number of unbranched alkanes of at least 4 members (excludes halogenated alkanes) is 1. The second-order valence-corrected chi connectivity index (χ2v) is 7.14. The van der Waals surface area contributed by atoms with Crippen LogP contribution in [0, 0.1) is 0 Å². The molecule has 138 valence electrons. The van der Waals surface area contributed by atoms with E-state index >= 15 is 0 Å². The molecule has 7 nitrogen and oxygen atoms in total. The Morgan fingerprint density at radius 2 is 2.15 bits per heavy atom. The summed E-state index contributed by atoms with van der Waals surface area (Å²) in [5.41, 5.74) is 0.978. The minimum absolute atomic E-state index is 0.00777. The Morgan fingerprint density at radius 3 is 2.88 bits per heavy atom. The zero-order valence-electron chi connectivity index (χ0n) is 14.4. The van der Waals surface area contributed by atoms with Crippen LogP contribution in [0.4, 0.5) is 5.69 Å². The number of thioether (sulfide) groups is 1. The summed E-state index contributed by atoms with van der Waals surface area (Å²) in [6.45, 7) is 2.03. The SMILES string of the molecule is CCCCC(=O)N1CSCC1C(=O)Nc1ccc2oc(C(=O)O)cc2c1. The van der Waals surface area contributed by atoms with Crippen LogP contribution in [-0.2, 0) is 9.59 Å². The first kappa shape index (κ1) is 18.3. The molecule has 26 heavy (non-hydrogen) atoms. The van der Waals surface area contributed by atoms with E-state index in [1.54, 1.807) is 34.9 Å². The predicted molar refractivity (Wildman–Crippen MR) is 99.3 cm³/mol. The quantitative estimate of drug-likeness (QED) is 0.803. The molecule has 3 rings (SSSR count). The maximum atomic E-state index is 12.6. The maximum Gasteiger partial charge on any atom is 0.371 e. The van der Waals surface area contributed by atoms with Gasteiger partial charge in [-0.05, 0) is 30.7 Å². The molecule has 1 atom stereocenters. The van der Waals surface area contributed by atoms with E-state index in [1.165, 1.54) is 6.07 Å². The Hall–Kier alpha value is -2.48. The van der Waals surface area contributed by atoms with Crippen molar-refractivity contribution in [2.75, 3.05) is 16.9 Å². The first-order valence-corrected chi connectivity index (χ1v) is 9.60. The number of fused-ring (bicyclic) bond motifs is 1. The summed E-state index contributed by atoms with van der Waals surface area (Å²) in [7, 11) is 0. The summed E-state index contributed by atoms with van der Waals surface area (Å²) in [6, 6.07) is 5.86. The van der Waals surface area contributed by atoms with Crippen LogP contribution in [0.2, 0.25) is 0 Å². The first-order valence-electron chi connectivity index (χ1n) is 8.44. The van der Waals surface area contributed by atoms with E-state index in [1.807, 2.05) is 6.92 Å². The Kier molecular flexibility index (Phi) is 5.51. The lowest BCUT2D eigenvalue weighted by molar-refractivity contribution is -0.136. The fourth-order valence-corrected chi connectivity index (χ4v) is 4.01. The molecule has 0 spiro atoms. The molecule has 0 aliphatic carbocycles. The molecule has 0 saturated carbocycles. The molecule has 1 aromatic carbocycles. The smallest absolute Gasteiger partial charge is 0.371 e. The molecule has 8 heteroatoms. The van der Waals surface area contributed by atoms with E-state index in [0.29, 0.717) is 34.7 Å². The average Bonchev–Trinajstić information content (AvgIpc) is 3.26. The Balaban J connectivity index is 1.71. The van der Waals surface area contributed by atoms with Gasteiger partial charge < -0.3 is 19.7 Å². The molecule has 1 fully saturated rings.